The van der Waals surface area contributed by atoms with E-state index in [1.807, 2.05) is 42.6 Å². The molecule has 130 valence electrons. The van der Waals surface area contributed by atoms with E-state index in [1.54, 1.807) is 17.0 Å². The number of hydrogen-bond acceptors (Lipinski definition) is 3. The first-order valence-corrected chi connectivity index (χ1v) is 9.14. The molecule has 0 aliphatic rings. The van der Waals surface area contributed by atoms with Crippen molar-refractivity contribution in [3.8, 4) is 5.69 Å². The number of anilines is 1. The minimum Gasteiger partial charge on any atom is -0.365 e. The summed E-state index contributed by atoms with van der Waals surface area (Å²) in [4.78, 5) is 20.2. The van der Waals surface area contributed by atoms with E-state index in [-0.39, 0.29) is 5.56 Å². The van der Waals surface area contributed by atoms with Gasteiger partial charge >= 0.3 is 0 Å². The Morgan fingerprint density at radius 2 is 1.92 bits per heavy atom. The van der Waals surface area contributed by atoms with E-state index in [4.69, 9.17) is 0 Å². The number of rotatable bonds is 5. The van der Waals surface area contributed by atoms with Crippen LogP contribution in [0.3, 0.4) is 0 Å². The molecule has 4 rings (SSSR count). The van der Waals surface area contributed by atoms with Gasteiger partial charge in [-0.15, -0.1) is 0 Å². The molecule has 0 aliphatic heterocycles. The van der Waals surface area contributed by atoms with Crippen molar-refractivity contribution in [1.82, 2.24) is 14.5 Å². The zero-order valence-corrected chi connectivity index (χ0v) is 15.5. The van der Waals surface area contributed by atoms with E-state index in [1.165, 1.54) is 10.9 Å². The van der Waals surface area contributed by atoms with Gasteiger partial charge in [-0.3, -0.25) is 9.36 Å². The third kappa shape index (κ3) is 3.28. The van der Waals surface area contributed by atoms with Gasteiger partial charge in [-0.25, -0.2) is 4.98 Å². The van der Waals surface area contributed by atoms with Crippen LogP contribution in [0.15, 0.2) is 76.4 Å². The fourth-order valence-corrected chi connectivity index (χ4v) is 3.26. The number of aromatic amines is 1. The van der Waals surface area contributed by atoms with Crippen molar-refractivity contribution >= 4 is 32.7 Å². The summed E-state index contributed by atoms with van der Waals surface area (Å²) >= 11 is 3.41. The van der Waals surface area contributed by atoms with Crippen LogP contribution in [0.5, 0.6) is 0 Å². The SMILES string of the molecule is O=c1c(NCCc2c[nH]c3ccccc23)nccn1-c1ccc(Br)cc1. The quantitative estimate of drug-likeness (QED) is 0.521. The Morgan fingerprint density at radius 3 is 2.77 bits per heavy atom. The zero-order valence-electron chi connectivity index (χ0n) is 13.9. The molecule has 26 heavy (non-hydrogen) atoms. The van der Waals surface area contributed by atoms with Gasteiger partial charge in [0, 0.05) is 46.2 Å². The number of fused-ring (bicyclic) bond motifs is 1. The van der Waals surface area contributed by atoms with E-state index in [0.717, 1.165) is 22.1 Å². The Labute approximate surface area is 158 Å². The van der Waals surface area contributed by atoms with E-state index in [2.05, 4.69) is 43.3 Å². The first kappa shape index (κ1) is 16.6. The van der Waals surface area contributed by atoms with Crippen LogP contribution in [0.2, 0.25) is 0 Å². The molecule has 0 saturated heterocycles. The molecule has 0 unspecified atom stereocenters. The Morgan fingerprint density at radius 1 is 1.12 bits per heavy atom. The molecule has 0 aliphatic carbocycles. The van der Waals surface area contributed by atoms with Gasteiger partial charge in [0.15, 0.2) is 5.82 Å². The number of H-pyrrole nitrogens is 1. The van der Waals surface area contributed by atoms with Gasteiger partial charge in [0.05, 0.1) is 0 Å². The third-order valence-corrected chi connectivity index (χ3v) is 4.84. The molecule has 0 fully saturated rings. The largest absolute Gasteiger partial charge is 0.365 e. The standard InChI is InChI=1S/C20H17BrN4O/c21-15-5-7-16(8-6-15)25-12-11-23-19(20(25)26)22-10-9-14-13-24-18-4-2-1-3-17(14)18/h1-8,11-13,24H,9-10H2,(H,22,23). The fraction of sp³-hybridized carbons (Fsp3) is 0.100. The van der Waals surface area contributed by atoms with Crippen molar-refractivity contribution in [3.63, 3.8) is 0 Å². The Balaban J connectivity index is 1.51. The molecule has 0 spiro atoms. The molecular formula is C20H17BrN4O. The highest BCUT2D eigenvalue weighted by Gasteiger charge is 2.07. The van der Waals surface area contributed by atoms with Gasteiger partial charge in [0.25, 0.3) is 5.56 Å². The number of nitrogens with one attached hydrogen (secondary N) is 2. The fourth-order valence-electron chi connectivity index (χ4n) is 2.99. The molecule has 5 nitrogen and oxygen atoms in total. The second kappa shape index (κ2) is 7.17. The van der Waals surface area contributed by atoms with Gasteiger partial charge in [-0.1, -0.05) is 34.1 Å². The third-order valence-electron chi connectivity index (χ3n) is 4.31. The molecule has 0 atom stereocenters. The first-order chi connectivity index (χ1) is 12.7. The Hall–Kier alpha value is -2.86. The molecular weight excluding hydrogens is 392 g/mol. The smallest absolute Gasteiger partial charge is 0.297 e. The summed E-state index contributed by atoms with van der Waals surface area (Å²) in [6.07, 6.45) is 6.14. The number of halogens is 1. The van der Waals surface area contributed by atoms with Crippen molar-refractivity contribution < 1.29 is 0 Å². The summed E-state index contributed by atoms with van der Waals surface area (Å²) in [5.74, 6) is 0.357. The van der Waals surface area contributed by atoms with E-state index in [9.17, 15) is 4.79 Å². The van der Waals surface area contributed by atoms with Crippen molar-refractivity contribution in [2.45, 2.75) is 6.42 Å². The number of aromatic nitrogens is 3. The summed E-state index contributed by atoms with van der Waals surface area (Å²) in [7, 11) is 0. The summed E-state index contributed by atoms with van der Waals surface area (Å²) in [6, 6.07) is 15.8. The second-order valence-corrected chi connectivity index (χ2v) is 6.88. The van der Waals surface area contributed by atoms with Crippen LogP contribution < -0.4 is 10.9 Å². The lowest BCUT2D eigenvalue weighted by Gasteiger charge is -2.09. The highest BCUT2D eigenvalue weighted by Crippen LogP contribution is 2.18. The maximum atomic E-state index is 12.7. The number of nitrogens with zero attached hydrogens (tertiary/aromatic N) is 2. The van der Waals surface area contributed by atoms with Crippen LogP contribution in [-0.2, 0) is 6.42 Å². The number of benzene rings is 2. The molecule has 2 N–H and O–H groups in total. The molecule has 4 aromatic rings. The lowest BCUT2D eigenvalue weighted by Crippen LogP contribution is -2.23. The molecule has 0 saturated carbocycles. The van der Waals surface area contributed by atoms with Crippen LogP contribution in [0.4, 0.5) is 5.82 Å². The van der Waals surface area contributed by atoms with Gasteiger partial charge in [-0.05, 0) is 42.3 Å². The highest BCUT2D eigenvalue weighted by atomic mass is 79.9. The van der Waals surface area contributed by atoms with Crippen LogP contribution >= 0.6 is 15.9 Å². The van der Waals surface area contributed by atoms with Crippen molar-refractivity contribution in [2.75, 3.05) is 11.9 Å². The second-order valence-electron chi connectivity index (χ2n) is 5.96. The summed E-state index contributed by atoms with van der Waals surface area (Å²) in [6.45, 7) is 0.633. The summed E-state index contributed by atoms with van der Waals surface area (Å²) in [5.41, 5.74) is 2.99. The van der Waals surface area contributed by atoms with Gasteiger partial charge in [0.2, 0.25) is 0 Å². The van der Waals surface area contributed by atoms with E-state index >= 15 is 0 Å². The normalized spacial score (nSPS) is 11.0. The van der Waals surface area contributed by atoms with Crippen molar-refractivity contribution in [1.29, 1.82) is 0 Å². The molecule has 6 heteroatoms. The summed E-state index contributed by atoms with van der Waals surface area (Å²) < 4.78 is 2.56. The van der Waals surface area contributed by atoms with Crippen LogP contribution in [0, 0.1) is 0 Å². The molecule has 2 aromatic heterocycles. The topological polar surface area (TPSA) is 62.7 Å². The zero-order chi connectivity index (χ0) is 17.9. The predicted molar refractivity (Wildman–Crippen MR) is 108 cm³/mol. The van der Waals surface area contributed by atoms with E-state index < -0.39 is 0 Å². The van der Waals surface area contributed by atoms with Crippen molar-refractivity contribution in [3.05, 3.63) is 87.5 Å². The molecule has 0 radical (unpaired) electrons. The minimum atomic E-state index is -0.159. The maximum Gasteiger partial charge on any atom is 0.297 e. The van der Waals surface area contributed by atoms with Gasteiger partial charge < -0.3 is 10.3 Å². The van der Waals surface area contributed by atoms with E-state index in [0.29, 0.717) is 12.4 Å². The van der Waals surface area contributed by atoms with Gasteiger partial charge in [0.1, 0.15) is 0 Å². The molecule has 2 aromatic carbocycles. The van der Waals surface area contributed by atoms with Crippen LogP contribution in [0.1, 0.15) is 5.56 Å². The lowest BCUT2D eigenvalue weighted by atomic mass is 10.1. The number of hydrogen-bond donors (Lipinski definition) is 2. The molecule has 0 amide bonds. The molecule has 2 heterocycles. The average Bonchev–Trinajstić information content (AvgIpc) is 3.07. The average molecular weight is 409 g/mol. The first-order valence-electron chi connectivity index (χ1n) is 8.35. The van der Waals surface area contributed by atoms with Crippen molar-refractivity contribution in [2.24, 2.45) is 0 Å². The highest BCUT2D eigenvalue weighted by molar-refractivity contribution is 9.10. The minimum absolute atomic E-state index is 0.159. The summed E-state index contributed by atoms with van der Waals surface area (Å²) in [5, 5.41) is 4.38. The van der Waals surface area contributed by atoms with Gasteiger partial charge in [-0.2, -0.15) is 0 Å². The van der Waals surface area contributed by atoms with Crippen LogP contribution in [0.25, 0.3) is 16.6 Å². The monoisotopic (exact) mass is 408 g/mol. The predicted octanol–water partition coefficient (Wildman–Crippen LogP) is 4.13. The van der Waals surface area contributed by atoms with Crippen LogP contribution in [-0.4, -0.2) is 21.1 Å². The molecule has 0 bridgehead atoms. The maximum absolute atomic E-state index is 12.7. The number of para-hydroxylation sites is 1. The lowest BCUT2D eigenvalue weighted by molar-refractivity contribution is 0.933. The Bertz CT molecular complexity index is 1100. The Kier molecular flexibility index (Phi) is 4.58.